The highest BCUT2D eigenvalue weighted by atomic mass is 16.6. The smallest absolute Gasteiger partial charge is 0.415 e. The lowest BCUT2D eigenvalue weighted by Crippen LogP contribution is -2.38. The molecule has 2 fully saturated rings. The number of carbonyl (C=O) groups excluding carboxylic acids is 2. The van der Waals surface area contributed by atoms with Crippen LogP contribution in [0.5, 0.6) is 0 Å². The average Bonchev–Trinajstić information content (AvgIpc) is 2.94. The Balaban J connectivity index is 1.79. The van der Waals surface area contributed by atoms with Gasteiger partial charge in [0.15, 0.2) is 5.82 Å². The van der Waals surface area contributed by atoms with Gasteiger partial charge in [0.1, 0.15) is 6.61 Å². The van der Waals surface area contributed by atoms with E-state index >= 15 is 0 Å². The zero-order valence-electron chi connectivity index (χ0n) is 12.0. The number of rotatable bonds is 2. The molecule has 2 aliphatic rings. The minimum atomic E-state index is -0.379. The van der Waals surface area contributed by atoms with Crippen LogP contribution in [0.2, 0.25) is 0 Å². The summed E-state index contributed by atoms with van der Waals surface area (Å²) in [5.74, 6) is 0.788. The fourth-order valence-electron chi connectivity index (χ4n) is 2.80. The topological polar surface area (TPSA) is 75.6 Å². The third-order valence-electron chi connectivity index (χ3n) is 3.96. The number of cyclic esters (lactones) is 1. The van der Waals surface area contributed by atoms with Gasteiger partial charge >= 0.3 is 6.09 Å². The van der Waals surface area contributed by atoms with Gasteiger partial charge < -0.3 is 9.64 Å². The summed E-state index contributed by atoms with van der Waals surface area (Å²) in [6.45, 7) is 3.94. The number of amides is 2. The molecule has 7 nitrogen and oxygen atoms in total. The molecule has 7 heteroatoms. The molecule has 1 unspecified atom stereocenters. The number of hydrogen-bond acceptors (Lipinski definition) is 5. The van der Waals surface area contributed by atoms with Gasteiger partial charge in [0.25, 0.3) is 0 Å². The Bertz CT molecular complexity index is 563. The van der Waals surface area contributed by atoms with Crippen LogP contribution in [0.1, 0.15) is 31.4 Å². The van der Waals surface area contributed by atoms with Crippen LogP contribution in [0, 0.1) is 0 Å². The molecular weight excluding hydrogens is 272 g/mol. The van der Waals surface area contributed by atoms with E-state index in [1.807, 2.05) is 4.90 Å². The Kier molecular flexibility index (Phi) is 3.72. The van der Waals surface area contributed by atoms with E-state index in [-0.39, 0.29) is 17.9 Å². The fraction of sp³-hybridized carbons (Fsp3) is 0.571. The Morgan fingerprint density at radius 1 is 1.38 bits per heavy atom. The summed E-state index contributed by atoms with van der Waals surface area (Å²) in [5, 5.41) is 0. The van der Waals surface area contributed by atoms with Gasteiger partial charge in [-0.2, -0.15) is 0 Å². The molecule has 0 bridgehead atoms. The summed E-state index contributed by atoms with van der Waals surface area (Å²) in [5.41, 5.74) is 0.832. The second-order valence-corrected chi connectivity index (χ2v) is 5.37. The predicted molar refractivity (Wildman–Crippen MR) is 75.0 cm³/mol. The number of carbonyl (C=O) groups is 2. The van der Waals surface area contributed by atoms with Crippen molar-refractivity contribution < 1.29 is 14.3 Å². The van der Waals surface area contributed by atoms with E-state index in [0.29, 0.717) is 25.5 Å². The SMILES string of the molecule is CC(=O)N1CCCC(c2cncc(N3CCOC3=O)n2)C1. The lowest BCUT2D eigenvalue weighted by Gasteiger charge is -2.31. The van der Waals surface area contributed by atoms with E-state index in [2.05, 4.69) is 9.97 Å². The van der Waals surface area contributed by atoms with Crippen LogP contribution >= 0.6 is 0 Å². The molecular formula is C14H18N4O3. The number of hydrogen-bond donors (Lipinski definition) is 0. The maximum Gasteiger partial charge on any atom is 0.415 e. The first-order valence-electron chi connectivity index (χ1n) is 7.17. The molecule has 0 saturated carbocycles. The van der Waals surface area contributed by atoms with E-state index < -0.39 is 0 Å². The molecule has 0 aromatic carbocycles. The second kappa shape index (κ2) is 5.67. The van der Waals surface area contributed by atoms with Crippen molar-refractivity contribution in [1.29, 1.82) is 0 Å². The van der Waals surface area contributed by atoms with Crippen molar-refractivity contribution in [3.63, 3.8) is 0 Å². The summed E-state index contributed by atoms with van der Waals surface area (Å²) in [7, 11) is 0. The lowest BCUT2D eigenvalue weighted by molar-refractivity contribution is -0.130. The molecule has 0 spiro atoms. The molecule has 2 saturated heterocycles. The van der Waals surface area contributed by atoms with Crippen LogP contribution in [0.3, 0.4) is 0 Å². The molecule has 2 amide bonds. The minimum Gasteiger partial charge on any atom is -0.447 e. The molecule has 1 aromatic heterocycles. The molecule has 3 heterocycles. The van der Waals surface area contributed by atoms with Crippen LogP contribution in [-0.2, 0) is 9.53 Å². The Labute approximate surface area is 122 Å². The highest BCUT2D eigenvalue weighted by molar-refractivity contribution is 5.87. The predicted octanol–water partition coefficient (Wildman–Crippen LogP) is 1.16. The molecule has 0 aliphatic carbocycles. The van der Waals surface area contributed by atoms with Crippen LogP contribution in [0.15, 0.2) is 12.4 Å². The van der Waals surface area contributed by atoms with Crippen LogP contribution < -0.4 is 4.90 Å². The summed E-state index contributed by atoms with van der Waals surface area (Å²) < 4.78 is 4.92. The van der Waals surface area contributed by atoms with Crippen molar-refractivity contribution in [3.8, 4) is 0 Å². The fourth-order valence-corrected chi connectivity index (χ4v) is 2.80. The average molecular weight is 290 g/mol. The molecule has 3 rings (SSSR count). The number of aromatic nitrogens is 2. The second-order valence-electron chi connectivity index (χ2n) is 5.37. The maximum atomic E-state index is 11.6. The van der Waals surface area contributed by atoms with Crippen LogP contribution in [0.4, 0.5) is 10.6 Å². The molecule has 1 aromatic rings. The van der Waals surface area contributed by atoms with Gasteiger partial charge in [-0.1, -0.05) is 0 Å². The monoisotopic (exact) mass is 290 g/mol. The summed E-state index contributed by atoms with van der Waals surface area (Å²) in [4.78, 5) is 35.2. The molecule has 2 aliphatic heterocycles. The molecule has 0 N–H and O–H groups in total. The summed E-state index contributed by atoms with van der Waals surface area (Å²) >= 11 is 0. The quantitative estimate of drug-likeness (QED) is 0.817. The van der Waals surface area contributed by atoms with Gasteiger partial charge in [-0.05, 0) is 12.8 Å². The van der Waals surface area contributed by atoms with Crippen molar-refractivity contribution in [2.45, 2.75) is 25.7 Å². The van der Waals surface area contributed by atoms with Crippen molar-refractivity contribution in [3.05, 3.63) is 18.1 Å². The van der Waals surface area contributed by atoms with Crippen molar-refractivity contribution in [2.75, 3.05) is 31.1 Å². The Morgan fingerprint density at radius 2 is 2.24 bits per heavy atom. The molecule has 21 heavy (non-hydrogen) atoms. The largest absolute Gasteiger partial charge is 0.447 e. The van der Waals surface area contributed by atoms with Gasteiger partial charge in [-0.15, -0.1) is 0 Å². The van der Waals surface area contributed by atoms with Gasteiger partial charge in [0.05, 0.1) is 18.4 Å². The van der Waals surface area contributed by atoms with E-state index in [9.17, 15) is 9.59 Å². The van der Waals surface area contributed by atoms with Crippen molar-refractivity contribution >= 4 is 17.8 Å². The number of piperidine rings is 1. The van der Waals surface area contributed by atoms with Gasteiger partial charge in [0, 0.05) is 32.1 Å². The third-order valence-corrected chi connectivity index (χ3v) is 3.96. The first-order valence-corrected chi connectivity index (χ1v) is 7.17. The Hall–Kier alpha value is -2.18. The van der Waals surface area contributed by atoms with E-state index in [1.165, 1.54) is 4.90 Å². The Morgan fingerprint density at radius 3 is 2.95 bits per heavy atom. The molecule has 0 radical (unpaired) electrons. The maximum absolute atomic E-state index is 11.6. The molecule has 112 valence electrons. The van der Waals surface area contributed by atoms with Gasteiger partial charge in [-0.3, -0.25) is 14.7 Å². The first-order chi connectivity index (χ1) is 10.1. The normalized spacial score (nSPS) is 22.3. The van der Waals surface area contributed by atoms with E-state index in [0.717, 1.165) is 25.1 Å². The van der Waals surface area contributed by atoms with Crippen molar-refractivity contribution in [1.82, 2.24) is 14.9 Å². The standard InChI is InChI=1S/C14H18N4O3/c1-10(19)17-4-2-3-11(9-17)12-7-15-8-13(16-12)18-5-6-21-14(18)20/h7-8,11H,2-6,9H2,1H3. The van der Waals surface area contributed by atoms with E-state index in [1.54, 1.807) is 19.3 Å². The number of ether oxygens (including phenoxy) is 1. The highest BCUT2D eigenvalue weighted by Crippen LogP contribution is 2.27. The number of likely N-dealkylation sites (tertiary alicyclic amines) is 1. The number of anilines is 1. The van der Waals surface area contributed by atoms with E-state index in [4.69, 9.17) is 4.74 Å². The third kappa shape index (κ3) is 2.81. The zero-order chi connectivity index (χ0) is 14.8. The summed E-state index contributed by atoms with van der Waals surface area (Å²) in [6.07, 6.45) is 4.85. The van der Waals surface area contributed by atoms with Gasteiger partial charge in [0.2, 0.25) is 5.91 Å². The summed E-state index contributed by atoms with van der Waals surface area (Å²) in [6, 6.07) is 0. The van der Waals surface area contributed by atoms with Crippen molar-refractivity contribution in [2.24, 2.45) is 0 Å². The highest BCUT2D eigenvalue weighted by Gasteiger charge is 2.28. The van der Waals surface area contributed by atoms with Crippen LogP contribution in [-0.4, -0.2) is 53.1 Å². The zero-order valence-corrected chi connectivity index (χ0v) is 12.0. The lowest BCUT2D eigenvalue weighted by atomic mass is 9.95. The molecule has 1 atom stereocenters. The van der Waals surface area contributed by atoms with Crippen LogP contribution in [0.25, 0.3) is 0 Å². The van der Waals surface area contributed by atoms with Gasteiger partial charge in [-0.25, -0.2) is 9.78 Å². The minimum absolute atomic E-state index is 0.0898. The first kappa shape index (κ1) is 13.8. The number of nitrogens with zero attached hydrogens (tertiary/aromatic N) is 4.